The third-order valence-corrected chi connectivity index (χ3v) is 5.10. The molecular formula is C20H26BrN3O6S. The van der Waals surface area contributed by atoms with Crippen molar-refractivity contribution >= 4 is 51.0 Å². The minimum atomic E-state index is -0.884. The van der Waals surface area contributed by atoms with Crippen molar-refractivity contribution in [3.05, 3.63) is 28.2 Å². The summed E-state index contributed by atoms with van der Waals surface area (Å²) in [4.78, 5) is 38.9. The minimum Gasteiger partial charge on any atom is -0.490 e. The van der Waals surface area contributed by atoms with Crippen LogP contribution in [-0.4, -0.2) is 73.4 Å². The first-order chi connectivity index (χ1) is 14.7. The Labute approximate surface area is 194 Å². The number of rotatable bonds is 8. The molecule has 1 aromatic rings. The van der Waals surface area contributed by atoms with E-state index in [0.717, 1.165) is 0 Å². The van der Waals surface area contributed by atoms with E-state index in [0.29, 0.717) is 28.9 Å². The zero-order valence-electron chi connectivity index (χ0n) is 17.6. The first-order valence-corrected chi connectivity index (χ1v) is 10.9. The topological polar surface area (TPSA) is 106 Å². The monoisotopic (exact) mass is 515 g/mol. The van der Waals surface area contributed by atoms with E-state index >= 15 is 0 Å². The van der Waals surface area contributed by atoms with Crippen LogP contribution < -0.4 is 15.4 Å². The summed E-state index contributed by atoms with van der Waals surface area (Å²) in [7, 11) is 1.49. The first kappa shape index (κ1) is 25.0. The number of nitrogens with one attached hydrogen (secondary N) is 2. The van der Waals surface area contributed by atoms with Crippen LogP contribution in [-0.2, 0) is 19.1 Å². The van der Waals surface area contributed by atoms with E-state index in [1.54, 1.807) is 18.2 Å². The number of ether oxygens (including phenoxy) is 3. The molecule has 0 saturated carbocycles. The summed E-state index contributed by atoms with van der Waals surface area (Å²) in [5, 5.41) is 5.40. The zero-order chi connectivity index (χ0) is 23.0. The van der Waals surface area contributed by atoms with E-state index in [9.17, 15) is 14.4 Å². The Morgan fingerprint density at radius 3 is 2.77 bits per heavy atom. The summed E-state index contributed by atoms with van der Waals surface area (Å²) < 4.78 is 16.3. The van der Waals surface area contributed by atoms with Crippen LogP contribution in [0.25, 0.3) is 0 Å². The summed E-state index contributed by atoms with van der Waals surface area (Å²) in [6.07, 6.45) is -0.330. The lowest BCUT2D eigenvalue weighted by Crippen LogP contribution is -2.60. The number of thiocarbonyl (C=S) groups is 1. The van der Waals surface area contributed by atoms with Crippen LogP contribution in [0.2, 0.25) is 0 Å². The predicted molar refractivity (Wildman–Crippen MR) is 121 cm³/mol. The fourth-order valence-electron chi connectivity index (χ4n) is 2.89. The number of benzene rings is 1. The van der Waals surface area contributed by atoms with Gasteiger partial charge in [-0.15, -0.1) is 0 Å². The summed E-state index contributed by atoms with van der Waals surface area (Å²) >= 11 is 8.74. The molecule has 0 bridgehead atoms. The van der Waals surface area contributed by atoms with Gasteiger partial charge in [0.25, 0.3) is 5.91 Å². The highest BCUT2D eigenvalue weighted by atomic mass is 79.9. The SMILES string of the molecule is COCCOC(=O)CC1C(=O)NCCN1C(=S)NC(=O)c1cc(Br)ccc1OC(C)C. The molecule has 1 aliphatic rings. The molecule has 0 aromatic heterocycles. The number of methoxy groups -OCH3 is 1. The largest absolute Gasteiger partial charge is 0.490 e. The van der Waals surface area contributed by atoms with Crippen molar-refractivity contribution < 1.29 is 28.6 Å². The normalized spacial score (nSPS) is 16.0. The van der Waals surface area contributed by atoms with Gasteiger partial charge in [0.05, 0.1) is 24.7 Å². The molecule has 1 atom stereocenters. The number of nitrogens with zero attached hydrogens (tertiary/aromatic N) is 1. The Balaban J connectivity index is 2.11. The molecule has 170 valence electrons. The summed E-state index contributed by atoms with van der Waals surface area (Å²) in [5.41, 5.74) is 0.294. The summed E-state index contributed by atoms with van der Waals surface area (Å²) in [5.74, 6) is -0.988. The number of carbonyl (C=O) groups excluding carboxylic acids is 3. The van der Waals surface area contributed by atoms with Crippen LogP contribution in [0.1, 0.15) is 30.6 Å². The molecule has 0 aliphatic carbocycles. The highest BCUT2D eigenvalue weighted by Gasteiger charge is 2.34. The van der Waals surface area contributed by atoms with E-state index in [1.807, 2.05) is 13.8 Å². The second-order valence-corrected chi connectivity index (χ2v) is 8.29. The van der Waals surface area contributed by atoms with Gasteiger partial charge in [0.15, 0.2) is 5.11 Å². The van der Waals surface area contributed by atoms with Gasteiger partial charge in [-0.25, -0.2) is 0 Å². The molecule has 2 rings (SSSR count). The number of piperazine rings is 1. The molecule has 31 heavy (non-hydrogen) atoms. The van der Waals surface area contributed by atoms with Crippen molar-refractivity contribution in [1.82, 2.24) is 15.5 Å². The lowest BCUT2D eigenvalue weighted by atomic mass is 10.1. The van der Waals surface area contributed by atoms with Crippen LogP contribution in [0, 0.1) is 0 Å². The number of halogens is 1. The Morgan fingerprint density at radius 1 is 1.35 bits per heavy atom. The van der Waals surface area contributed by atoms with Gasteiger partial charge in [0.1, 0.15) is 18.4 Å². The third kappa shape index (κ3) is 7.44. The third-order valence-electron chi connectivity index (χ3n) is 4.27. The van der Waals surface area contributed by atoms with Crippen molar-refractivity contribution in [3.8, 4) is 5.75 Å². The van der Waals surface area contributed by atoms with Gasteiger partial charge in [0, 0.05) is 24.7 Å². The van der Waals surface area contributed by atoms with E-state index < -0.39 is 17.9 Å². The average Bonchev–Trinajstić information content (AvgIpc) is 2.70. The molecule has 1 aromatic carbocycles. The molecular weight excluding hydrogens is 490 g/mol. The molecule has 1 unspecified atom stereocenters. The smallest absolute Gasteiger partial charge is 0.308 e. The molecule has 1 saturated heterocycles. The quantitative estimate of drug-likeness (QED) is 0.305. The van der Waals surface area contributed by atoms with Crippen LogP contribution >= 0.6 is 28.1 Å². The Morgan fingerprint density at radius 2 is 2.10 bits per heavy atom. The van der Waals surface area contributed by atoms with Crippen LogP contribution in [0.4, 0.5) is 0 Å². The van der Waals surface area contributed by atoms with Crippen LogP contribution in [0.15, 0.2) is 22.7 Å². The molecule has 1 aliphatic heterocycles. The van der Waals surface area contributed by atoms with E-state index in [-0.39, 0.29) is 36.8 Å². The minimum absolute atomic E-state index is 0.0463. The molecule has 11 heteroatoms. The molecule has 0 radical (unpaired) electrons. The number of amides is 2. The molecule has 2 amide bonds. The number of esters is 1. The highest BCUT2D eigenvalue weighted by molar-refractivity contribution is 9.10. The van der Waals surface area contributed by atoms with Gasteiger partial charge in [-0.2, -0.15) is 0 Å². The molecule has 2 N–H and O–H groups in total. The van der Waals surface area contributed by atoms with Gasteiger partial charge >= 0.3 is 5.97 Å². The maximum absolute atomic E-state index is 12.9. The van der Waals surface area contributed by atoms with E-state index in [4.69, 9.17) is 26.4 Å². The highest BCUT2D eigenvalue weighted by Crippen LogP contribution is 2.24. The van der Waals surface area contributed by atoms with Crippen molar-refractivity contribution in [3.63, 3.8) is 0 Å². The van der Waals surface area contributed by atoms with Crippen LogP contribution in [0.3, 0.4) is 0 Å². The van der Waals surface area contributed by atoms with Crippen LogP contribution in [0.5, 0.6) is 5.75 Å². The zero-order valence-corrected chi connectivity index (χ0v) is 20.0. The summed E-state index contributed by atoms with van der Waals surface area (Å²) in [6, 6.07) is 4.20. The first-order valence-electron chi connectivity index (χ1n) is 9.73. The number of hydrogen-bond donors (Lipinski definition) is 2. The van der Waals surface area contributed by atoms with Gasteiger partial charge in [-0.3, -0.25) is 19.7 Å². The van der Waals surface area contributed by atoms with Gasteiger partial charge in [-0.1, -0.05) is 15.9 Å². The average molecular weight is 516 g/mol. The number of carbonyl (C=O) groups is 3. The van der Waals surface area contributed by atoms with Crippen molar-refractivity contribution in [2.24, 2.45) is 0 Å². The maximum Gasteiger partial charge on any atom is 0.308 e. The standard InChI is InChI=1S/C20H26BrN3O6S/c1-12(2)30-16-5-4-13(21)10-14(16)18(26)23-20(31)24-7-6-22-19(27)15(24)11-17(25)29-9-8-28-3/h4-5,10,12,15H,6-9,11H2,1-3H3,(H,22,27)(H,23,26,31). The fourth-order valence-corrected chi connectivity index (χ4v) is 3.56. The van der Waals surface area contributed by atoms with E-state index in [1.165, 1.54) is 12.0 Å². The van der Waals surface area contributed by atoms with Gasteiger partial charge in [0.2, 0.25) is 5.91 Å². The second-order valence-electron chi connectivity index (χ2n) is 6.98. The van der Waals surface area contributed by atoms with Gasteiger partial charge < -0.3 is 24.4 Å². The molecule has 1 fully saturated rings. The number of hydrogen-bond acceptors (Lipinski definition) is 7. The molecule has 0 spiro atoms. The second kappa shape index (κ2) is 12.0. The van der Waals surface area contributed by atoms with Crippen molar-refractivity contribution in [2.45, 2.75) is 32.4 Å². The predicted octanol–water partition coefficient (Wildman–Crippen LogP) is 1.63. The Kier molecular flexibility index (Phi) is 9.66. The maximum atomic E-state index is 12.9. The summed E-state index contributed by atoms with van der Waals surface area (Å²) in [6.45, 7) is 4.74. The van der Waals surface area contributed by atoms with E-state index in [2.05, 4.69) is 26.6 Å². The lowest BCUT2D eigenvalue weighted by molar-refractivity contribution is -0.148. The van der Waals surface area contributed by atoms with Gasteiger partial charge in [-0.05, 0) is 44.3 Å². The Hall–Kier alpha value is -2.24. The van der Waals surface area contributed by atoms with Crippen molar-refractivity contribution in [1.29, 1.82) is 0 Å². The fraction of sp³-hybridized carbons (Fsp3) is 0.500. The molecule has 9 nitrogen and oxygen atoms in total. The lowest BCUT2D eigenvalue weighted by Gasteiger charge is -2.36. The molecule has 1 heterocycles. The van der Waals surface area contributed by atoms with Crippen molar-refractivity contribution in [2.75, 3.05) is 33.4 Å². The Bertz CT molecular complexity index is 835.